The number of nitrogens with one attached hydrogen (secondary N) is 1. The number of hydrogen-bond acceptors (Lipinski definition) is 3. The molecule has 4 nitrogen and oxygen atoms in total. The van der Waals surface area contributed by atoms with E-state index in [1.807, 2.05) is 56.1 Å². The number of anilines is 1. The molecule has 2 rings (SSSR count). The number of amides is 1. The zero-order chi connectivity index (χ0) is 16.1. The maximum Gasteiger partial charge on any atom is 0.269 e. The summed E-state index contributed by atoms with van der Waals surface area (Å²) in [7, 11) is 1.61. The van der Waals surface area contributed by atoms with Gasteiger partial charge in [-0.25, -0.2) is 0 Å². The van der Waals surface area contributed by atoms with E-state index in [1.54, 1.807) is 19.2 Å². The molecule has 0 unspecified atom stereocenters. The van der Waals surface area contributed by atoms with Crippen molar-refractivity contribution >= 4 is 11.6 Å². The maximum absolute atomic E-state index is 12.4. The van der Waals surface area contributed by atoms with E-state index in [0.29, 0.717) is 17.9 Å². The molecule has 0 spiro atoms. The van der Waals surface area contributed by atoms with Crippen molar-refractivity contribution in [1.29, 1.82) is 0 Å². The van der Waals surface area contributed by atoms with Crippen molar-refractivity contribution in [3.63, 3.8) is 0 Å². The predicted molar refractivity (Wildman–Crippen MR) is 89.4 cm³/mol. The van der Waals surface area contributed by atoms with Crippen LogP contribution in [0.2, 0.25) is 0 Å². The van der Waals surface area contributed by atoms with Crippen LogP contribution in [0, 0.1) is 13.8 Å². The van der Waals surface area contributed by atoms with E-state index >= 15 is 0 Å². The maximum atomic E-state index is 12.4. The summed E-state index contributed by atoms with van der Waals surface area (Å²) in [6.45, 7) is 6.66. The second-order valence-electron chi connectivity index (χ2n) is 5.21. The third-order valence-corrected chi connectivity index (χ3v) is 3.57. The molecule has 0 bridgehead atoms. The third kappa shape index (κ3) is 3.58. The number of nitrogens with zero attached hydrogens (tertiary/aromatic N) is 1. The van der Waals surface area contributed by atoms with Gasteiger partial charge in [-0.15, -0.1) is 0 Å². The molecule has 116 valence electrons. The predicted octanol–water partition coefficient (Wildman–Crippen LogP) is 3.48. The van der Waals surface area contributed by atoms with Crippen LogP contribution in [0.3, 0.4) is 0 Å². The molecule has 0 heterocycles. The fourth-order valence-corrected chi connectivity index (χ4v) is 2.20. The van der Waals surface area contributed by atoms with Gasteiger partial charge in [-0.1, -0.05) is 23.8 Å². The Morgan fingerprint density at radius 2 is 1.82 bits per heavy atom. The second kappa shape index (κ2) is 6.98. The zero-order valence-electron chi connectivity index (χ0n) is 13.5. The average Bonchev–Trinajstić information content (AvgIpc) is 2.53. The van der Waals surface area contributed by atoms with Crippen molar-refractivity contribution < 1.29 is 9.53 Å². The van der Waals surface area contributed by atoms with Crippen LogP contribution < -0.4 is 15.2 Å². The molecule has 0 aromatic heterocycles. The van der Waals surface area contributed by atoms with E-state index in [9.17, 15) is 4.79 Å². The highest BCUT2D eigenvalue weighted by atomic mass is 16.5. The van der Waals surface area contributed by atoms with Crippen LogP contribution in [0.5, 0.6) is 5.75 Å². The van der Waals surface area contributed by atoms with Gasteiger partial charge >= 0.3 is 0 Å². The molecule has 0 fully saturated rings. The summed E-state index contributed by atoms with van der Waals surface area (Å²) in [6, 6.07) is 13.5. The van der Waals surface area contributed by atoms with Gasteiger partial charge in [0, 0.05) is 12.1 Å². The van der Waals surface area contributed by atoms with Gasteiger partial charge in [0.2, 0.25) is 0 Å². The number of aryl methyl sites for hydroxylation is 2. The molecular weight excluding hydrogens is 276 g/mol. The molecule has 2 aromatic rings. The molecule has 0 atom stereocenters. The number of carbonyl (C=O) groups is 1. The summed E-state index contributed by atoms with van der Waals surface area (Å²) in [6.07, 6.45) is 0. The van der Waals surface area contributed by atoms with E-state index in [-0.39, 0.29) is 5.91 Å². The van der Waals surface area contributed by atoms with Gasteiger partial charge in [0.25, 0.3) is 5.91 Å². The van der Waals surface area contributed by atoms with Gasteiger partial charge in [-0.05, 0) is 50.6 Å². The molecule has 0 aliphatic heterocycles. The van der Waals surface area contributed by atoms with Crippen molar-refractivity contribution in [3.05, 3.63) is 59.2 Å². The summed E-state index contributed by atoms with van der Waals surface area (Å²) < 4.78 is 5.27. The summed E-state index contributed by atoms with van der Waals surface area (Å²) in [5.74, 6) is 0.562. The highest BCUT2D eigenvalue weighted by Crippen LogP contribution is 2.19. The van der Waals surface area contributed by atoms with Crippen molar-refractivity contribution in [3.8, 4) is 5.75 Å². The molecular formula is C18H22N2O2. The lowest BCUT2D eigenvalue weighted by atomic mass is 10.1. The summed E-state index contributed by atoms with van der Waals surface area (Å²) in [5, 5.41) is 1.83. The van der Waals surface area contributed by atoms with E-state index in [4.69, 9.17) is 4.74 Å². The van der Waals surface area contributed by atoms with E-state index < -0.39 is 0 Å². The second-order valence-corrected chi connectivity index (χ2v) is 5.21. The SMILES string of the molecule is CCN(NC(=O)c1ccc(C)c(OC)c1)c1ccc(C)cc1. The molecule has 4 heteroatoms. The highest BCUT2D eigenvalue weighted by molar-refractivity contribution is 5.95. The Labute approximate surface area is 131 Å². The number of hydrazine groups is 1. The summed E-state index contributed by atoms with van der Waals surface area (Å²) in [4.78, 5) is 12.4. The van der Waals surface area contributed by atoms with Gasteiger partial charge < -0.3 is 4.74 Å². The Bertz CT molecular complexity index is 651. The molecule has 0 saturated heterocycles. The Morgan fingerprint density at radius 1 is 1.14 bits per heavy atom. The topological polar surface area (TPSA) is 41.6 Å². The van der Waals surface area contributed by atoms with Gasteiger partial charge in [0.05, 0.1) is 12.8 Å². The van der Waals surface area contributed by atoms with Gasteiger partial charge in [0.15, 0.2) is 0 Å². The van der Waals surface area contributed by atoms with E-state index in [2.05, 4.69) is 5.43 Å². The van der Waals surface area contributed by atoms with Crippen molar-refractivity contribution in [2.75, 3.05) is 18.7 Å². The number of methoxy groups -OCH3 is 1. The summed E-state index contributed by atoms with van der Waals surface area (Å²) in [5.41, 5.74) is 6.66. The Balaban J connectivity index is 2.17. The first-order chi connectivity index (χ1) is 10.5. The average molecular weight is 298 g/mol. The monoisotopic (exact) mass is 298 g/mol. The van der Waals surface area contributed by atoms with E-state index in [0.717, 1.165) is 11.3 Å². The minimum atomic E-state index is -0.152. The third-order valence-electron chi connectivity index (χ3n) is 3.57. The van der Waals surface area contributed by atoms with Crippen LogP contribution in [0.15, 0.2) is 42.5 Å². The zero-order valence-corrected chi connectivity index (χ0v) is 13.5. The fraction of sp³-hybridized carbons (Fsp3) is 0.278. The largest absolute Gasteiger partial charge is 0.496 e. The van der Waals surface area contributed by atoms with E-state index in [1.165, 1.54) is 5.56 Å². The lowest BCUT2D eigenvalue weighted by Crippen LogP contribution is -2.42. The molecule has 1 amide bonds. The Kier molecular flexibility index (Phi) is 5.04. The first-order valence-electron chi connectivity index (χ1n) is 7.35. The van der Waals surface area contributed by atoms with Crippen LogP contribution in [-0.2, 0) is 0 Å². The van der Waals surface area contributed by atoms with Crippen LogP contribution in [0.1, 0.15) is 28.4 Å². The number of benzene rings is 2. The van der Waals surface area contributed by atoms with Crippen LogP contribution in [0.4, 0.5) is 5.69 Å². The van der Waals surface area contributed by atoms with Crippen LogP contribution in [0.25, 0.3) is 0 Å². The van der Waals surface area contributed by atoms with Gasteiger partial charge in [-0.3, -0.25) is 15.2 Å². The van der Waals surface area contributed by atoms with Gasteiger partial charge in [0.1, 0.15) is 5.75 Å². The van der Waals surface area contributed by atoms with Crippen molar-refractivity contribution in [2.24, 2.45) is 0 Å². The van der Waals surface area contributed by atoms with Crippen LogP contribution in [-0.4, -0.2) is 19.6 Å². The molecule has 0 saturated carbocycles. The standard InChI is InChI=1S/C18H22N2O2/c1-5-20(16-10-6-13(2)7-11-16)19-18(21)15-9-8-14(3)17(12-15)22-4/h6-12H,5H2,1-4H3,(H,19,21). The Morgan fingerprint density at radius 3 is 2.41 bits per heavy atom. The quantitative estimate of drug-likeness (QED) is 0.859. The fourth-order valence-electron chi connectivity index (χ4n) is 2.20. The lowest BCUT2D eigenvalue weighted by Gasteiger charge is -2.24. The Hall–Kier alpha value is -2.49. The molecule has 22 heavy (non-hydrogen) atoms. The molecule has 2 aromatic carbocycles. The molecule has 0 aliphatic carbocycles. The summed E-state index contributed by atoms with van der Waals surface area (Å²) >= 11 is 0. The first-order valence-corrected chi connectivity index (χ1v) is 7.35. The molecule has 0 aliphatic rings. The van der Waals surface area contributed by atoms with Crippen molar-refractivity contribution in [2.45, 2.75) is 20.8 Å². The first kappa shape index (κ1) is 15.9. The molecule has 1 N–H and O–H groups in total. The van der Waals surface area contributed by atoms with Gasteiger partial charge in [-0.2, -0.15) is 0 Å². The van der Waals surface area contributed by atoms with Crippen LogP contribution >= 0.6 is 0 Å². The lowest BCUT2D eigenvalue weighted by molar-refractivity contribution is 0.0949. The minimum absolute atomic E-state index is 0.152. The highest BCUT2D eigenvalue weighted by Gasteiger charge is 2.12. The number of ether oxygens (including phenoxy) is 1. The number of carbonyl (C=O) groups excluding carboxylic acids is 1. The molecule has 0 radical (unpaired) electrons. The smallest absolute Gasteiger partial charge is 0.269 e. The van der Waals surface area contributed by atoms with Crippen molar-refractivity contribution in [1.82, 2.24) is 5.43 Å². The normalized spacial score (nSPS) is 10.2. The number of rotatable bonds is 5. The number of hydrogen-bond donors (Lipinski definition) is 1. The minimum Gasteiger partial charge on any atom is -0.496 e.